The number of hydrogen-bond donors (Lipinski definition) is 2. The molecule has 1 fully saturated rings. The summed E-state index contributed by atoms with van der Waals surface area (Å²) in [4.78, 5) is 22.0. The van der Waals surface area contributed by atoms with E-state index in [9.17, 15) is 4.79 Å². The Kier molecular flexibility index (Phi) is 5.15. The van der Waals surface area contributed by atoms with Crippen LogP contribution in [0.25, 0.3) is 0 Å². The van der Waals surface area contributed by atoms with Gasteiger partial charge in [0.25, 0.3) is 0 Å². The highest BCUT2D eigenvalue weighted by atomic mass is 35.5. The molecule has 5 nitrogen and oxygen atoms in total. The first-order valence-electron chi connectivity index (χ1n) is 7.39. The van der Waals surface area contributed by atoms with Gasteiger partial charge in [-0.25, -0.2) is 9.97 Å². The molecule has 3 N–H and O–H groups in total. The van der Waals surface area contributed by atoms with Crippen LogP contribution >= 0.6 is 23.4 Å². The van der Waals surface area contributed by atoms with Crippen molar-refractivity contribution in [3.63, 3.8) is 0 Å². The lowest BCUT2D eigenvalue weighted by Crippen LogP contribution is -2.45. The van der Waals surface area contributed by atoms with Crippen molar-refractivity contribution in [2.45, 2.75) is 41.1 Å². The Balaban J connectivity index is 1.60. The molecule has 0 aliphatic heterocycles. The predicted molar refractivity (Wildman–Crippen MR) is 91.9 cm³/mol. The van der Waals surface area contributed by atoms with E-state index in [1.54, 1.807) is 24.2 Å². The maximum absolute atomic E-state index is 11.4. The number of carbonyl (C=O) groups is 1. The fraction of sp³-hybridized carbons (Fsp3) is 0.312. The number of hydrogen-bond acceptors (Lipinski definition) is 6. The predicted octanol–water partition coefficient (Wildman–Crippen LogP) is 3.14. The van der Waals surface area contributed by atoms with E-state index in [1.807, 2.05) is 24.3 Å². The summed E-state index contributed by atoms with van der Waals surface area (Å²) in [5.74, 6) is 0.770. The number of nitrogens with one attached hydrogen (secondary N) is 1. The van der Waals surface area contributed by atoms with Crippen LogP contribution in [0.4, 0.5) is 5.95 Å². The smallest absolute Gasteiger partial charge is 0.222 e. The number of ketones is 1. The maximum Gasteiger partial charge on any atom is 0.222 e. The summed E-state index contributed by atoms with van der Waals surface area (Å²) in [5.41, 5.74) is 6.01. The molecule has 2 atom stereocenters. The number of rotatable bonds is 4. The van der Waals surface area contributed by atoms with Crippen LogP contribution in [0.5, 0.6) is 0 Å². The maximum atomic E-state index is 11.4. The lowest BCUT2D eigenvalue weighted by Gasteiger charge is -2.28. The average molecular weight is 349 g/mol. The molecule has 0 saturated heterocycles. The summed E-state index contributed by atoms with van der Waals surface area (Å²) in [6.07, 6.45) is 5.25. The third kappa shape index (κ3) is 4.43. The van der Waals surface area contributed by atoms with Crippen molar-refractivity contribution >= 4 is 35.1 Å². The molecule has 0 radical (unpaired) electrons. The highest BCUT2D eigenvalue weighted by Crippen LogP contribution is 2.28. The summed E-state index contributed by atoms with van der Waals surface area (Å²) >= 11 is 7.45. The summed E-state index contributed by atoms with van der Waals surface area (Å²) < 4.78 is 0. The first kappa shape index (κ1) is 16.2. The molecule has 2 unspecified atom stereocenters. The lowest BCUT2D eigenvalue weighted by atomic mass is 9.90. The average Bonchev–Trinajstić information content (AvgIpc) is 2.54. The second-order valence-electron chi connectivity index (χ2n) is 5.49. The first-order valence-corrected chi connectivity index (χ1v) is 8.59. The van der Waals surface area contributed by atoms with Crippen molar-refractivity contribution in [3.8, 4) is 0 Å². The van der Waals surface area contributed by atoms with Gasteiger partial charge in [0.2, 0.25) is 5.95 Å². The van der Waals surface area contributed by atoms with Crippen LogP contribution in [0.2, 0.25) is 5.02 Å². The fourth-order valence-corrected chi connectivity index (χ4v) is 3.35. The molecule has 0 spiro atoms. The number of halogens is 1. The lowest BCUT2D eigenvalue weighted by molar-refractivity contribution is -0.120. The van der Waals surface area contributed by atoms with Crippen molar-refractivity contribution in [1.82, 2.24) is 9.97 Å². The summed E-state index contributed by atoms with van der Waals surface area (Å²) in [6.45, 7) is 0. The summed E-state index contributed by atoms with van der Waals surface area (Å²) in [5, 5.41) is 3.94. The Morgan fingerprint density at radius 1 is 1.17 bits per heavy atom. The van der Waals surface area contributed by atoms with E-state index in [4.69, 9.17) is 17.3 Å². The Morgan fingerprint density at radius 3 is 2.52 bits per heavy atom. The molecule has 1 heterocycles. The topological polar surface area (TPSA) is 80.9 Å². The molecule has 3 rings (SSSR count). The number of nitrogens with two attached hydrogens (primary N) is 1. The standard InChI is InChI=1S/C16H17ClN4OS/c17-10-1-4-12(5-2-10)23-13-8-19-16(20-9-13)21-15-6-3-11(22)7-14(15)18/h1-2,4-5,8-9,14-15H,3,6-7,18H2,(H,19,20,21). The van der Waals surface area contributed by atoms with Crippen molar-refractivity contribution in [1.29, 1.82) is 0 Å². The summed E-state index contributed by atoms with van der Waals surface area (Å²) in [6, 6.07) is 7.48. The van der Waals surface area contributed by atoms with Crippen molar-refractivity contribution in [2.75, 3.05) is 5.32 Å². The number of Topliss-reactive ketones (excluding diaryl/α,β-unsaturated/α-hetero) is 1. The number of aromatic nitrogens is 2. The molecule has 23 heavy (non-hydrogen) atoms. The molecule has 1 aliphatic rings. The minimum Gasteiger partial charge on any atom is -0.350 e. The molecule has 120 valence electrons. The first-order chi connectivity index (χ1) is 11.1. The van der Waals surface area contributed by atoms with Gasteiger partial charge in [0.15, 0.2) is 0 Å². The van der Waals surface area contributed by atoms with Gasteiger partial charge in [0.05, 0.1) is 0 Å². The third-order valence-electron chi connectivity index (χ3n) is 3.71. The molecule has 7 heteroatoms. The van der Waals surface area contributed by atoms with E-state index in [-0.39, 0.29) is 17.9 Å². The molecule has 1 aliphatic carbocycles. The minimum absolute atomic E-state index is 0.0440. The second kappa shape index (κ2) is 7.29. The number of anilines is 1. The van der Waals surface area contributed by atoms with Crippen molar-refractivity contribution < 1.29 is 4.79 Å². The van der Waals surface area contributed by atoms with E-state index >= 15 is 0 Å². The van der Waals surface area contributed by atoms with Crippen LogP contribution in [-0.2, 0) is 4.79 Å². The zero-order chi connectivity index (χ0) is 16.2. The molecule has 1 aromatic heterocycles. The van der Waals surface area contributed by atoms with E-state index in [0.29, 0.717) is 23.8 Å². The zero-order valence-electron chi connectivity index (χ0n) is 12.4. The van der Waals surface area contributed by atoms with Gasteiger partial charge < -0.3 is 11.1 Å². The molecular formula is C16H17ClN4OS. The van der Waals surface area contributed by atoms with Gasteiger partial charge in [0, 0.05) is 52.1 Å². The summed E-state index contributed by atoms with van der Waals surface area (Å²) in [7, 11) is 0. The molecule has 1 aromatic carbocycles. The second-order valence-corrected chi connectivity index (χ2v) is 7.08. The monoisotopic (exact) mass is 348 g/mol. The van der Waals surface area contributed by atoms with Crippen LogP contribution < -0.4 is 11.1 Å². The Hall–Kier alpha value is -1.63. The Labute approximate surface area is 144 Å². The fourth-order valence-electron chi connectivity index (χ4n) is 2.46. The van der Waals surface area contributed by atoms with Crippen LogP contribution in [-0.4, -0.2) is 27.8 Å². The zero-order valence-corrected chi connectivity index (χ0v) is 14.0. The van der Waals surface area contributed by atoms with Gasteiger partial charge in [-0.1, -0.05) is 23.4 Å². The molecule has 0 amide bonds. The van der Waals surface area contributed by atoms with E-state index in [1.165, 1.54) is 0 Å². The molecule has 0 bridgehead atoms. The van der Waals surface area contributed by atoms with Crippen molar-refractivity contribution in [2.24, 2.45) is 5.73 Å². The minimum atomic E-state index is -0.178. The van der Waals surface area contributed by atoms with Gasteiger partial charge in [-0.3, -0.25) is 4.79 Å². The van der Waals surface area contributed by atoms with E-state index in [0.717, 1.165) is 16.2 Å². The van der Waals surface area contributed by atoms with Crippen LogP contribution in [0.15, 0.2) is 46.5 Å². The van der Waals surface area contributed by atoms with Gasteiger partial charge in [-0.15, -0.1) is 0 Å². The SMILES string of the molecule is NC1CC(=O)CCC1Nc1ncc(Sc2ccc(Cl)cc2)cn1. The highest BCUT2D eigenvalue weighted by molar-refractivity contribution is 7.99. The van der Waals surface area contributed by atoms with Crippen molar-refractivity contribution in [3.05, 3.63) is 41.7 Å². The number of carbonyl (C=O) groups excluding carboxylic acids is 1. The van der Waals surface area contributed by atoms with Gasteiger partial charge in [-0.2, -0.15) is 0 Å². The molecule has 1 saturated carbocycles. The van der Waals surface area contributed by atoms with Gasteiger partial charge >= 0.3 is 0 Å². The van der Waals surface area contributed by atoms with Crippen LogP contribution in [0.1, 0.15) is 19.3 Å². The van der Waals surface area contributed by atoms with E-state index < -0.39 is 0 Å². The van der Waals surface area contributed by atoms with Crippen LogP contribution in [0, 0.1) is 0 Å². The molecular weight excluding hydrogens is 332 g/mol. The van der Waals surface area contributed by atoms with Gasteiger partial charge in [0.1, 0.15) is 5.78 Å². The van der Waals surface area contributed by atoms with E-state index in [2.05, 4.69) is 15.3 Å². The third-order valence-corrected chi connectivity index (χ3v) is 4.91. The highest BCUT2D eigenvalue weighted by Gasteiger charge is 2.26. The largest absolute Gasteiger partial charge is 0.350 e. The normalized spacial score (nSPS) is 21.2. The quantitative estimate of drug-likeness (QED) is 0.883. The number of nitrogens with zero attached hydrogens (tertiary/aromatic N) is 2. The Bertz CT molecular complexity index is 677. The number of benzene rings is 1. The molecule has 2 aromatic rings. The Morgan fingerprint density at radius 2 is 1.87 bits per heavy atom. The van der Waals surface area contributed by atoms with Crippen LogP contribution in [0.3, 0.4) is 0 Å². The van der Waals surface area contributed by atoms with Gasteiger partial charge in [-0.05, 0) is 30.7 Å².